The van der Waals surface area contributed by atoms with E-state index >= 15 is 0 Å². The number of aromatic hydroxyl groups is 2. The number of phenolic OH excluding ortho intramolecular Hbond substituents is 2. The molecule has 4 aromatic rings. The van der Waals surface area contributed by atoms with Crippen LogP contribution in [0, 0.1) is 0 Å². The lowest BCUT2D eigenvalue weighted by Crippen LogP contribution is -2.25. The molecular weight excluding hydrogens is 343 g/mol. The van der Waals surface area contributed by atoms with E-state index in [1.165, 1.54) is 0 Å². The Bertz CT molecular complexity index is 1060. The molecule has 0 amide bonds. The van der Waals surface area contributed by atoms with E-state index in [4.69, 9.17) is 0 Å². The van der Waals surface area contributed by atoms with E-state index in [2.05, 4.69) is 0 Å². The van der Waals surface area contributed by atoms with Crippen LogP contribution in [0.5, 0.6) is 11.5 Å². The molecule has 0 aromatic heterocycles. The molecule has 0 aliphatic carbocycles. The summed E-state index contributed by atoms with van der Waals surface area (Å²) in [7, 11) is -3.18. The first kappa shape index (κ1) is 16.4. The molecule has 0 aliphatic heterocycles. The highest BCUT2D eigenvalue weighted by Gasteiger charge is 2.31. The van der Waals surface area contributed by atoms with E-state index in [9.17, 15) is 14.8 Å². The molecular formula is C22H17O3P. The third-order valence-electron chi connectivity index (χ3n) is 4.53. The maximum Gasteiger partial charge on any atom is 0.171 e. The smallest absolute Gasteiger partial charge is 0.171 e. The van der Waals surface area contributed by atoms with Crippen LogP contribution in [0.4, 0.5) is 0 Å². The van der Waals surface area contributed by atoms with Gasteiger partial charge < -0.3 is 14.8 Å². The average molecular weight is 360 g/mol. The fourth-order valence-corrected chi connectivity index (χ4v) is 6.07. The molecule has 0 bridgehead atoms. The Kier molecular flexibility index (Phi) is 4.02. The third kappa shape index (κ3) is 2.67. The zero-order chi connectivity index (χ0) is 18.1. The molecule has 0 fully saturated rings. The van der Waals surface area contributed by atoms with Crippen LogP contribution in [-0.4, -0.2) is 10.2 Å². The Morgan fingerprint density at radius 2 is 1.08 bits per heavy atom. The number of fused-ring (bicyclic) bond motifs is 1. The topological polar surface area (TPSA) is 57.5 Å². The number of benzene rings is 4. The van der Waals surface area contributed by atoms with Crippen LogP contribution in [0.15, 0.2) is 91.0 Å². The lowest BCUT2D eigenvalue weighted by Gasteiger charge is -2.21. The molecule has 0 saturated carbocycles. The minimum absolute atomic E-state index is 0.129. The molecule has 4 aromatic carbocycles. The van der Waals surface area contributed by atoms with Crippen LogP contribution in [0.3, 0.4) is 0 Å². The van der Waals surface area contributed by atoms with Gasteiger partial charge in [0.1, 0.15) is 11.5 Å². The van der Waals surface area contributed by atoms with Gasteiger partial charge in [0.15, 0.2) is 7.14 Å². The summed E-state index contributed by atoms with van der Waals surface area (Å²) in [4.78, 5) is 0. The van der Waals surface area contributed by atoms with Crippen molar-refractivity contribution in [1.29, 1.82) is 0 Å². The molecule has 0 aliphatic rings. The zero-order valence-electron chi connectivity index (χ0n) is 13.9. The number of hydrogen-bond donors (Lipinski definition) is 2. The Morgan fingerprint density at radius 3 is 1.65 bits per heavy atom. The largest absolute Gasteiger partial charge is 0.508 e. The molecule has 0 spiro atoms. The molecule has 128 valence electrons. The second-order valence-electron chi connectivity index (χ2n) is 6.14. The van der Waals surface area contributed by atoms with Crippen molar-refractivity contribution < 1.29 is 14.8 Å². The Balaban J connectivity index is 2.06. The highest BCUT2D eigenvalue weighted by Crippen LogP contribution is 2.44. The van der Waals surface area contributed by atoms with Crippen molar-refractivity contribution in [2.75, 3.05) is 0 Å². The summed E-state index contributed by atoms with van der Waals surface area (Å²) in [5.41, 5.74) is 0. The minimum Gasteiger partial charge on any atom is -0.508 e. The van der Waals surface area contributed by atoms with E-state index < -0.39 is 7.14 Å². The van der Waals surface area contributed by atoms with Crippen LogP contribution < -0.4 is 15.9 Å². The van der Waals surface area contributed by atoms with Crippen molar-refractivity contribution in [1.82, 2.24) is 0 Å². The van der Waals surface area contributed by atoms with Gasteiger partial charge in [-0.25, -0.2) is 0 Å². The lowest BCUT2D eigenvalue weighted by atomic mass is 10.1. The summed E-state index contributed by atoms with van der Waals surface area (Å²) in [5, 5.41) is 23.3. The van der Waals surface area contributed by atoms with Gasteiger partial charge in [-0.15, -0.1) is 0 Å². The van der Waals surface area contributed by atoms with Gasteiger partial charge in [0.2, 0.25) is 0 Å². The third-order valence-corrected chi connectivity index (χ3v) is 7.65. The van der Waals surface area contributed by atoms with Gasteiger partial charge in [-0.05, 0) is 59.3 Å². The standard InChI is InChI=1S/C22H17O3P/c23-17-8-12-19(13-9-17)26(25,20-14-10-18(24)11-15-20)22-7-3-5-16-4-1-2-6-21(16)22/h1-15,23-24H. The predicted molar refractivity (Wildman–Crippen MR) is 107 cm³/mol. The minimum atomic E-state index is -3.18. The molecule has 2 N–H and O–H groups in total. The molecule has 3 nitrogen and oxygen atoms in total. The SMILES string of the molecule is O=P(c1ccc(O)cc1)(c1ccc(O)cc1)c1cccc2ccccc12. The summed E-state index contributed by atoms with van der Waals surface area (Å²) in [5.74, 6) is 0.257. The Hall–Kier alpha value is -3.03. The second kappa shape index (κ2) is 6.36. The van der Waals surface area contributed by atoms with Gasteiger partial charge in [-0.2, -0.15) is 0 Å². The summed E-state index contributed by atoms with van der Waals surface area (Å²) in [6, 6.07) is 26.6. The maximum atomic E-state index is 14.5. The van der Waals surface area contributed by atoms with Crippen LogP contribution in [0.25, 0.3) is 10.8 Å². The fourth-order valence-electron chi connectivity index (χ4n) is 3.24. The van der Waals surface area contributed by atoms with Gasteiger partial charge in [0.05, 0.1) is 0 Å². The zero-order valence-corrected chi connectivity index (χ0v) is 14.8. The predicted octanol–water partition coefficient (Wildman–Crippen LogP) is 3.89. The van der Waals surface area contributed by atoms with Gasteiger partial charge in [0, 0.05) is 15.9 Å². The normalized spacial score (nSPS) is 11.5. The maximum absolute atomic E-state index is 14.5. The van der Waals surface area contributed by atoms with E-state index in [1.54, 1.807) is 48.5 Å². The number of rotatable bonds is 3. The molecule has 4 rings (SSSR count). The van der Waals surface area contributed by atoms with Gasteiger partial charge in [0.25, 0.3) is 0 Å². The summed E-state index contributed by atoms with van der Waals surface area (Å²) < 4.78 is 14.5. The molecule has 4 heteroatoms. The van der Waals surface area contributed by atoms with Crippen molar-refractivity contribution >= 4 is 33.8 Å². The average Bonchev–Trinajstić information content (AvgIpc) is 2.68. The van der Waals surface area contributed by atoms with Crippen molar-refractivity contribution in [3.63, 3.8) is 0 Å². The van der Waals surface area contributed by atoms with Gasteiger partial charge in [-0.1, -0.05) is 42.5 Å². The van der Waals surface area contributed by atoms with Crippen LogP contribution in [-0.2, 0) is 4.57 Å². The van der Waals surface area contributed by atoms with Gasteiger partial charge >= 0.3 is 0 Å². The summed E-state index contributed by atoms with van der Waals surface area (Å²) >= 11 is 0. The fraction of sp³-hybridized carbons (Fsp3) is 0. The van der Waals surface area contributed by atoms with E-state index in [0.717, 1.165) is 16.1 Å². The Morgan fingerprint density at radius 1 is 0.577 bits per heavy atom. The van der Waals surface area contributed by atoms with E-state index in [1.807, 2.05) is 42.5 Å². The molecule has 0 saturated heterocycles. The molecule has 0 atom stereocenters. The number of phenols is 2. The van der Waals surface area contributed by atoms with Gasteiger partial charge in [-0.3, -0.25) is 0 Å². The molecule has 26 heavy (non-hydrogen) atoms. The van der Waals surface area contributed by atoms with Crippen molar-refractivity contribution in [3.05, 3.63) is 91.0 Å². The summed E-state index contributed by atoms with van der Waals surface area (Å²) in [6.45, 7) is 0. The monoisotopic (exact) mass is 360 g/mol. The molecule has 0 unspecified atom stereocenters. The van der Waals surface area contributed by atoms with Crippen molar-refractivity contribution in [2.24, 2.45) is 0 Å². The number of hydrogen-bond acceptors (Lipinski definition) is 3. The molecule has 0 heterocycles. The quantitative estimate of drug-likeness (QED) is 0.545. The van der Waals surface area contributed by atoms with Crippen LogP contribution in [0.2, 0.25) is 0 Å². The lowest BCUT2D eigenvalue weighted by molar-refractivity contribution is 0.475. The highest BCUT2D eigenvalue weighted by molar-refractivity contribution is 7.85. The Labute approximate surface area is 151 Å². The van der Waals surface area contributed by atoms with Crippen molar-refractivity contribution in [2.45, 2.75) is 0 Å². The first-order valence-corrected chi connectivity index (χ1v) is 9.97. The summed E-state index contributed by atoms with van der Waals surface area (Å²) in [6.07, 6.45) is 0. The highest BCUT2D eigenvalue weighted by atomic mass is 31.2. The van der Waals surface area contributed by atoms with Crippen LogP contribution >= 0.6 is 7.14 Å². The molecule has 0 radical (unpaired) electrons. The second-order valence-corrected chi connectivity index (χ2v) is 8.87. The van der Waals surface area contributed by atoms with Crippen LogP contribution in [0.1, 0.15) is 0 Å². The van der Waals surface area contributed by atoms with E-state index in [-0.39, 0.29) is 11.5 Å². The first-order valence-electron chi connectivity index (χ1n) is 8.26. The first-order chi connectivity index (χ1) is 12.6. The van der Waals surface area contributed by atoms with Crippen molar-refractivity contribution in [3.8, 4) is 11.5 Å². The van der Waals surface area contributed by atoms with E-state index in [0.29, 0.717) is 10.6 Å².